The Kier molecular flexibility index (Phi) is 7.02. The van der Waals surface area contributed by atoms with Gasteiger partial charge in [-0.05, 0) is 54.1 Å². The summed E-state index contributed by atoms with van der Waals surface area (Å²) < 4.78 is 5.23. The Bertz CT molecular complexity index is 1060. The minimum atomic E-state index is -0.151. The second kappa shape index (κ2) is 10.1. The molecule has 0 aliphatic carbocycles. The van der Waals surface area contributed by atoms with Gasteiger partial charge in [0.25, 0.3) is 5.91 Å². The summed E-state index contributed by atoms with van der Waals surface area (Å²) in [5.74, 6) is 0.573. The minimum Gasteiger partial charge on any atom is -0.467 e. The summed E-state index contributed by atoms with van der Waals surface area (Å²) >= 11 is 12.4. The van der Waals surface area contributed by atoms with Crippen molar-refractivity contribution in [3.63, 3.8) is 0 Å². The number of furan rings is 1. The van der Waals surface area contributed by atoms with Gasteiger partial charge in [-0.3, -0.25) is 9.59 Å². The van der Waals surface area contributed by atoms with Gasteiger partial charge >= 0.3 is 0 Å². The predicted octanol–water partition coefficient (Wildman–Crippen LogP) is 4.41. The van der Waals surface area contributed by atoms with Crippen molar-refractivity contribution in [2.75, 3.05) is 31.1 Å². The summed E-state index contributed by atoms with van der Waals surface area (Å²) in [7, 11) is 0. The van der Waals surface area contributed by atoms with Crippen molar-refractivity contribution in [3.05, 3.63) is 87.8 Å². The van der Waals surface area contributed by atoms with E-state index in [9.17, 15) is 9.59 Å². The van der Waals surface area contributed by atoms with Gasteiger partial charge in [0.1, 0.15) is 5.76 Å². The summed E-state index contributed by atoms with van der Waals surface area (Å²) in [6, 6.07) is 16.3. The standard InChI is InChI=1S/C24H23Cl2N3O3/c25-21-4-1-5-22(26)20(21)15-23(30)29-12-10-28(11-13-29)18-8-6-17(7-9-18)24(31)27-16-19-3-2-14-32-19/h1-9,14H,10-13,15-16H2,(H,27,31). The third-order valence-electron chi connectivity index (χ3n) is 5.52. The van der Waals surface area contributed by atoms with Crippen molar-refractivity contribution in [1.82, 2.24) is 10.2 Å². The second-order valence-corrected chi connectivity index (χ2v) is 8.37. The van der Waals surface area contributed by atoms with Crippen LogP contribution in [0.4, 0.5) is 5.69 Å². The number of amides is 2. The molecular formula is C24H23Cl2N3O3. The Morgan fingerprint density at radius 2 is 1.59 bits per heavy atom. The molecule has 1 aliphatic heterocycles. The molecule has 3 aromatic rings. The van der Waals surface area contributed by atoms with Crippen LogP contribution in [0.15, 0.2) is 65.3 Å². The van der Waals surface area contributed by atoms with Gasteiger partial charge in [-0.25, -0.2) is 0 Å². The van der Waals surface area contributed by atoms with E-state index >= 15 is 0 Å². The quantitative estimate of drug-likeness (QED) is 0.578. The number of halogens is 2. The van der Waals surface area contributed by atoms with Gasteiger partial charge in [0, 0.05) is 47.5 Å². The number of benzene rings is 2. The van der Waals surface area contributed by atoms with Crippen molar-refractivity contribution in [3.8, 4) is 0 Å². The van der Waals surface area contributed by atoms with Crippen LogP contribution in [0.25, 0.3) is 0 Å². The first-order valence-corrected chi connectivity index (χ1v) is 11.1. The molecule has 8 heteroatoms. The number of hydrogen-bond acceptors (Lipinski definition) is 4. The Morgan fingerprint density at radius 3 is 2.22 bits per heavy atom. The SMILES string of the molecule is O=C(NCc1ccco1)c1ccc(N2CCN(C(=O)Cc3c(Cl)cccc3Cl)CC2)cc1. The third-order valence-corrected chi connectivity index (χ3v) is 6.23. The third kappa shape index (κ3) is 5.26. The van der Waals surface area contributed by atoms with Crippen LogP contribution in [0.2, 0.25) is 10.0 Å². The number of nitrogens with one attached hydrogen (secondary N) is 1. The molecule has 1 N–H and O–H groups in total. The summed E-state index contributed by atoms with van der Waals surface area (Å²) in [6.07, 6.45) is 1.77. The Labute approximate surface area is 196 Å². The maximum atomic E-state index is 12.7. The van der Waals surface area contributed by atoms with Gasteiger partial charge < -0.3 is 19.5 Å². The molecule has 32 heavy (non-hydrogen) atoms. The first kappa shape index (κ1) is 22.2. The first-order chi connectivity index (χ1) is 15.5. The maximum Gasteiger partial charge on any atom is 0.251 e. The zero-order valence-electron chi connectivity index (χ0n) is 17.4. The molecule has 4 rings (SSSR count). The molecule has 166 valence electrons. The molecule has 1 fully saturated rings. The predicted molar refractivity (Wildman–Crippen MR) is 125 cm³/mol. The van der Waals surface area contributed by atoms with Crippen molar-refractivity contribution in [1.29, 1.82) is 0 Å². The van der Waals surface area contributed by atoms with Crippen molar-refractivity contribution >= 4 is 40.7 Å². The van der Waals surface area contributed by atoms with Gasteiger partial charge in [0.2, 0.25) is 5.91 Å². The van der Waals surface area contributed by atoms with Crippen LogP contribution in [0, 0.1) is 0 Å². The van der Waals surface area contributed by atoms with Crippen LogP contribution in [0.1, 0.15) is 21.7 Å². The number of nitrogens with zero attached hydrogens (tertiary/aromatic N) is 2. The molecule has 1 aliphatic rings. The topological polar surface area (TPSA) is 65.8 Å². The molecule has 1 aromatic heterocycles. The lowest BCUT2D eigenvalue weighted by molar-refractivity contribution is -0.130. The molecule has 2 heterocycles. The van der Waals surface area contributed by atoms with E-state index in [4.69, 9.17) is 27.6 Å². The Hall–Kier alpha value is -2.96. The normalized spacial score (nSPS) is 13.8. The number of carbonyl (C=O) groups is 2. The molecule has 0 radical (unpaired) electrons. The summed E-state index contributed by atoms with van der Waals surface area (Å²) in [5.41, 5.74) is 2.28. The number of carbonyl (C=O) groups excluding carboxylic acids is 2. The van der Waals surface area contributed by atoms with Gasteiger partial charge in [-0.1, -0.05) is 29.3 Å². The van der Waals surface area contributed by atoms with Crippen LogP contribution >= 0.6 is 23.2 Å². The van der Waals surface area contributed by atoms with Gasteiger partial charge in [-0.15, -0.1) is 0 Å². The average molecular weight is 472 g/mol. The van der Waals surface area contributed by atoms with Crippen LogP contribution < -0.4 is 10.2 Å². The lowest BCUT2D eigenvalue weighted by Gasteiger charge is -2.36. The van der Waals surface area contributed by atoms with Gasteiger partial charge in [-0.2, -0.15) is 0 Å². The monoisotopic (exact) mass is 471 g/mol. The molecule has 0 atom stereocenters. The van der Waals surface area contributed by atoms with E-state index < -0.39 is 0 Å². The zero-order chi connectivity index (χ0) is 22.5. The summed E-state index contributed by atoms with van der Waals surface area (Å²) in [4.78, 5) is 29.1. The van der Waals surface area contributed by atoms with E-state index in [1.54, 1.807) is 30.5 Å². The maximum absolute atomic E-state index is 12.7. The number of hydrogen-bond donors (Lipinski definition) is 1. The van der Waals surface area contributed by atoms with Crippen LogP contribution in [-0.2, 0) is 17.8 Å². The number of piperazine rings is 1. The minimum absolute atomic E-state index is 0.0169. The first-order valence-electron chi connectivity index (χ1n) is 10.4. The lowest BCUT2D eigenvalue weighted by atomic mass is 10.1. The van der Waals surface area contributed by atoms with Crippen LogP contribution in [0.5, 0.6) is 0 Å². The zero-order valence-corrected chi connectivity index (χ0v) is 18.9. The number of rotatable bonds is 6. The van der Waals surface area contributed by atoms with Gasteiger partial charge in [0.15, 0.2) is 0 Å². The van der Waals surface area contributed by atoms with E-state index in [0.717, 1.165) is 5.69 Å². The average Bonchev–Trinajstić information content (AvgIpc) is 3.34. The molecule has 1 saturated heterocycles. The fourth-order valence-corrected chi connectivity index (χ4v) is 4.22. The highest BCUT2D eigenvalue weighted by molar-refractivity contribution is 6.36. The fourth-order valence-electron chi connectivity index (χ4n) is 3.68. The number of anilines is 1. The highest BCUT2D eigenvalue weighted by atomic mass is 35.5. The molecule has 0 bridgehead atoms. The molecular weight excluding hydrogens is 449 g/mol. The van der Waals surface area contributed by atoms with Crippen molar-refractivity contribution in [2.24, 2.45) is 0 Å². The molecule has 0 spiro atoms. The van der Waals surface area contributed by atoms with Crippen LogP contribution in [-0.4, -0.2) is 42.9 Å². The second-order valence-electron chi connectivity index (χ2n) is 7.55. The summed E-state index contributed by atoms with van der Waals surface area (Å²) in [6.45, 7) is 3.01. The summed E-state index contributed by atoms with van der Waals surface area (Å²) in [5, 5.41) is 3.86. The fraction of sp³-hybridized carbons (Fsp3) is 0.250. The van der Waals surface area contributed by atoms with Crippen molar-refractivity contribution < 1.29 is 14.0 Å². The van der Waals surface area contributed by atoms with E-state index in [-0.39, 0.29) is 18.2 Å². The molecule has 0 unspecified atom stereocenters. The van der Waals surface area contributed by atoms with E-state index in [1.165, 1.54) is 0 Å². The van der Waals surface area contributed by atoms with Gasteiger partial charge in [0.05, 0.1) is 19.2 Å². The van der Waals surface area contributed by atoms with E-state index in [2.05, 4.69) is 10.2 Å². The lowest BCUT2D eigenvalue weighted by Crippen LogP contribution is -2.49. The smallest absolute Gasteiger partial charge is 0.251 e. The molecule has 6 nitrogen and oxygen atoms in total. The largest absolute Gasteiger partial charge is 0.467 e. The molecule has 2 aromatic carbocycles. The highest BCUT2D eigenvalue weighted by Crippen LogP contribution is 2.25. The van der Waals surface area contributed by atoms with Crippen LogP contribution in [0.3, 0.4) is 0 Å². The Morgan fingerprint density at radius 1 is 0.906 bits per heavy atom. The molecule has 0 saturated carbocycles. The van der Waals surface area contributed by atoms with E-state index in [0.29, 0.717) is 59.7 Å². The highest BCUT2D eigenvalue weighted by Gasteiger charge is 2.23. The molecule has 2 amide bonds. The van der Waals surface area contributed by atoms with Crippen molar-refractivity contribution in [2.45, 2.75) is 13.0 Å². The van der Waals surface area contributed by atoms with E-state index in [1.807, 2.05) is 35.2 Å². The Balaban J connectivity index is 1.29.